The molecule has 0 radical (unpaired) electrons. The summed E-state index contributed by atoms with van der Waals surface area (Å²) in [5, 5.41) is 0. The zero-order chi connectivity index (χ0) is 16.2. The zero-order valence-electron chi connectivity index (χ0n) is 14.1. The second-order valence-corrected chi connectivity index (χ2v) is 6.65. The highest BCUT2D eigenvalue weighted by Crippen LogP contribution is 2.16. The Morgan fingerprint density at radius 3 is 1.76 bits per heavy atom. The van der Waals surface area contributed by atoms with Crippen LogP contribution in [0.5, 0.6) is 0 Å². The molecular formula is C18H25NO2. The van der Waals surface area contributed by atoms with E-state index in [1.54, 1.807) is 12.1 Å². The number of aromatic nitrogens is 1. The molecule has 21 heavy (non-hydrogen) atoms. The molecule has 0 aliphatic rings. The lowest BCUT2D eigenvalue weighted by Gasteiger charge is -2.19. The number of ether oxygens (including phenoxy) is 1. The number of hydrogen-bond donors (Lipinski definition) is 0. The quantitative estimate of drug-likeness (QED) is 0.743. The van der Waals surface area contributed by atoms with Gasteiger partial charge in [-0.05, 0) is 72.8 Å². The van der Waals surface area contributed by atoms with E-state index in [-0.39, 0.29) is 5.97 Å². The maximum absolute atomic E-state index is 12.2. The van der Waals surface area contributed by atoms with Gasteiger partial charge in [-0.1, -0.05) is 11.1 Å². The van der Waals surface area contributed by atoms with Gasteiger partial charge < -0.3 is 4.74 Å². The fourth-order valence-corrected chi connectivity index (χ4v) is 1.77. The van der Waals surface area contributed by atoms with E-state index in [1.165, 1.54) is 0 Å². The third-order valence-corrected chi connectivity index (χ3v) is 2.37. The summed E-state index contributed by atoms with van der Waals surface area (Å²) < 4.78 is 5.44. The number of pyridine rings is 1. The first-order chi connectivity index (χ1) is 9.56. The number of carbonyl (C=O) groups is 1. The van der Waals surface area contributed by atoms with Crippen LogP contribution in [0.15, 0.2) is 23.3 Å². The number of nitrogens with zero attached hydrogens (tertiary/aromatic N) is 1. The van der Waals surface area contributed by atoms with Gasteiger partial charge in [-0.2, -0.15) is 0 Å². The highest BCUT2D eigenvalue weighted by atomic mass is 16.6. The molecule has 1 aromatic heterocycles. The molecule has 0 saturated carbocycles. The van der Waals surface area contributed by atoms with Crippen LogP contribution in [0.25, 0.3) is 12.2 Å². The molecule has 0 unspecified atom stereocenters. The van der Waals surface area contributed by atoms with E-state index in [4.69, 9.17) is 4.74 Å². The van der Waals surface area contributed by atoms with Crippen LogP contribution in [0.2, 0.25) is 0 Å². The fourth-order valence-electron chi connectivity index (χ4n) is 1.77. The van der Waals surface area contributed by atoms with Gasteiger partial charge in [-0.3, -0.25) is 0 Å². The number of carbonyl (C=O) groups excluding carboxylic acids is 1. The van der Waals surface area contributed by atoms with E-state index in [2.05, 4.69) is 4.98 Å². The molecule has 1 rings (SSSR count). The average Bonchev–Trinajstić information content (AvgIpc) is 2.23. The molecule has 0 N–H and O–H groups in total. The van der Waals surface area contributed by atoms with Gasteiger partial charge >= 0.3 is 5.97 Å². The molecule has 0 aliphatic carbocycles. The van der Waals surface area contributed by atoms with Crippen LogP contribution in [0.3, 0.4) is 0 Å². The molecule has 0 amide bonds. The van der Waals surface area contributed by atoms with Crippen molar-refractivity contribution in [3.8, 4) is 0 Å². The maximum Gasteiger partial charge on any atom is 0.338 e. The summed E-state index contributed by atoms with van der Waals surface area (Å²) in [5.74, 6) is -0.322. The highest BCUT2D eigenvalue weighted by Gasteiger charge is 2.18. The molecule has 0 saturated heterocycles. The van der Waals surface area contributed by atoms with Gasteiger partial charge in [0.2, 0.25) is 0 Å². The summed E-state index contributed by atoms with van der Waals surface area (Å²) in [4.78, 5) is 16.8. The fraction of sp³-hybridized carbons (Fsp3) is 0.444. The smallest absolute Gasteiger partial charge is 0.338 e. The Balaban J connectivity index is 3.28. The molecule has 3 heteroatoms. The molecule has 0 bridgehead atoms. The van der Waals surface area contributed by atoms with Crippen molar-refractivity contribution in [3.05, 3.63) is 40.2 Å². The van der Waals surface area contributed by atoms with Crippen molar-refractivity contribution >= 4 is 18.1 Å². The zero-order valence-corrected chi connectivity index (χ0v) is 14.1. The van der Waals surface area contributed by atoms with Crippen molar-refractivity contribution in [2.24, 2.45) is 0 Å². The lowest BCUT2D eigenvalue weighted by molar-refractivity contribution is 0.00693. The number of esters is 1. The van der Waals surface area contributed by atoms with Gasteiger partial charge in [0.15, 0.2) is 0 Å². The van der Waals surface area contributed by atoms with E-state index >= 15 is 0 Å². The normalized spacial score (nSPS) is 10.8. The van der Waals surface area contributed by atoms with Gasteiger partial charge in [-0.25, -0.2) is 9.78 Å². The molecule has 0 aliphatic heterocycles. The van der Waals surface area contributed by atoms with E-state index < -0.39 is 5.60 Å². The Kier molecular flexibility index (Phi) is 5.47. The Labute approximate surface area is 127 Å². The van der Waals surface area contributed by atoms with E-state index in [0.29, 0.717) is 5.56 Å². The van der Waals surface area contributed by atoms with Crippen molar-refractivity contribution in [1.29, 1.82) is 0 Å². The molecule has 114 valence electrons. The molecule has 0 aromatic carbocycles. The van der Waals surface area contributed by atoms with Gasteiger partial charge in [0.05, 0.1) is 17.0 Å². The summed E-state index contributed by atoms with van der Waals surface area (Å²) in [6.07, 6.45) is 3.91. The second kappa shape index (κ2) is 6.70. The number of allylic oxidation sites excluding steroid dienone is 2. The first-order valence-electron chi connectivity index (χ1n) is 7.12. The first kappa shape index (κ1) is 17.2. The molecule has 0 spiro atoms. The highest BCUT2D eigenvalue weighted by molar-refractivity contribution is 5.90. The SMILES string of the molecule is CC(C)=Cc1cc(C(=O)OC(C)(C)C)cc(C=C(C)C)n1. The summed E-state index contributed by atoms with van der Waals surface area (Å²) in [5.41, 5.74) is 3.82. The van der Waals surface area contributed by atoms with Crippen LogP contribution < -0.4 is 0 Å². The minimum atomic E-state index is -0.506. The van der Waals surface area contributed by atoms with Crippen molar-refractivity contribution in [1.82, 2.24) is 4.98 Å². The molecule has 3 nitrogen and oxygen atoms in total. The van der Waals surface area contributed by atoms with Crippen molar-refractivity contribution in [3.63, 3.8) is 0 Å². The van der Waals surface area contributed by atoms with Crippen LogP contribution in [0.1, 0.15) is 70.2 Å². The monoisotopic (exact) mass is 287 g/mol. The van der Waals surface area contributed by atoms with Crippen LogP contribution in [0, 0.1) is 0 Å². The maximum atomic E-state index is 12.2. The number of hydrogen-bond acceptors (Lipinski definition) is 3. The minimum Gasteiger partial charge on any atom is -0.456 e. The Hall–Kier alpha value is -1.90. The summed E-state index contributed by atoms with van der Waals surface area (Å²) in [6.45, 7) is 13.6. The predicted octanol–water partition coefficient (Wildman–Crippen LogP) is 4.88. The molecule has 0 fully saturated rings. The van der Waals surface area contributed by atoms with Crippen LogP contribution >= 0.6 is 0 Å². The molecular weight excluding hydrogens is 262 g/mol. The van der Waals surface area contributed by atoms with E-state index in [0.717, 1.165) is 22.5 Å². The van der Waals surface area contributed by atoms with Gasteiger partial charge in [0.1, 0.15) is 5.60 Å². The van der Waals surface area contributed by atoms with Crippen LogP contribution in [-0.4, -0.2) is 16.6 Å². The van der Waals surface area contributed by atoms with Gasteiger partial charge in [0, 0.05) is 0 Å². The first-order valence-corrected chi connectivity index (χ1v) is 7.12. The Morgan fingerprint density at radius 1 is 1.00 bits per heavy atom. The summed E-state index contributed by atoms with van der Waals surface area (Å²) in [7, 11) is 0. The van der Waals surface area contributed by atoms with Crippen molar-refractivity contribution in [2.75, 3.05) is 0 Å². The van der Waals surface area contributed by atoms with Gasteiger partial charge in [-0.15, -0.1) is 0 Å². The third-order valence-electron chi connectivity index (χ3n) is 2.37. The molecule has 1 aromatic rings. The summed E-state index contributed by atoms with van der Waals surface area (Å²) >= 11 is 0. The second-order valence-electron chi connectivity index (χ2n) is 6.65. The van der Waals surface area contributed by atoms with E-state index in [9.17, 15) is 4.79 Å². The minimum absolute atomic E-state index is 0.322. The van der Waals surface area contributed by atoms with Crippen molar-refractivity contribution in [2.45, 2.75) is 54.1 Å². The summed E-state index contributed by atoms with van der Waals surface area (Å²) in [6, 6.07) is 3.53. The largest absolute Gasteiger partial charge is 0.456 e. The van der Waals surface area contributed by atoms with Crippen LogP contribution in [-0.2, 0) is 4.74 Å². The molecule has 1 heterocycles. The van der Waals surface area contributed by atoms with Gasteiger partial charge in [0.25, 0.3) is 0 Å². The van der Waals surface area contributed by atoms with E-state index in [1.807, 2.05) is 60.6 Å². The topological polar surface area (TPSA) is 39.2 Å². The average molecular weight is 287 g/mol. The predicted molar refractivity (Wildman–Crippen MR) is 88.1 cm³/mol. The third kappa shape index (κ3) is 6.39. The number of rotatable bonds is 3. The lowest BCUT2D eigenvalue weighted by atomic mass is 10.1. The van der Waals surface area contributed by atoms with Crippen molar-refractivity contribution < 1.29 is 9.53 Å². The Bertz CT molecular complexity index is 545. The Morgan fingerprint density at radius 2 is 1.43 bits per heavy atom. The lowest BCUT2D eigenvalue weighted by Crippen LogP contribution is -2.24. The molecule has 0 atom stereocenters. The standard InChI is InChI=1S/C18H25NO2/c1-12(2)8-15-10-14(17(20)21-18(5,6)7)11-16(19-15)9-13(3)4/h8-11H,1-7H3. The van der Waals surface area contributed by atoms with Crippen LogP contribution in [0.4, 0.5) is 0 Å².